The fourth-order valence-electron chi connectivity index (χ4n) is 3.08. The van der Waals surface area contributed by atoms with Crippen LogP contribution in [0.3, 0.4) is 0 Å². The predicted molar refractivity (Wildman–Crippen MR) is 80.5 cm³/mol. The fourth-order valence-corrected chi connectivity index (χ4v) is 3.81. The van der Waals surface area contributed by atoms with Gasteiger partial charge >= 0.3 is 0 Å². The Morgan fingerprint density at radius 3 is 3.16 bits per heavy atom. The number of nitrogens with one attached hydrogen (secondary N) is 1. The number of hydrogen-bond acceptors (Lipinski definition) is 5. The lowest BCUT2D eigenvalue weighted by molar-refractivity contribution is 0.235. The van der Waals surface area contributed by atoms with Gasteiger partial charge in [0.25, 0.3) is 0 Å². The van der Waals surface area contributed by atoms with Crippen LogP contribution in [0.2, 0.25) is 0 Å². The molecule has 1 fully saturated rings. The van der Waals surface area contributed by atoms with Crippen LogP contribution in [0.4, 0.5) is 5.82 Å². The molecule has 3 rings (SSSR count). The molecule has 2 aromatic rings. The normalized spacial score (nSPS) is 27.6. The van der Waals surface area contributed by atoms with Crippen molar-refractivity contribution in [1.82, 2.24) is 9.97 Å². The maximum Gasteiger partial charge on any atom is 0.138 e. The molecule has 5 heteroatoms. The van der Waals surface area contributed by atoms with Crippen molar-refractivity contribution in [1.29, 1.82) is 0 Å². The van der Waals surface area contributed by atoms with Crippen molar-refractivity contribution in [3.05, 3.63) is 17.8 Å². The Labute approximate surface area is 117 Å². The summed E-state index contributed by atoms with van der Waals surface area (Å²) < 4.78 is 0. The quantitative estimate of drug-likeness (QED) is 0.904. The minimum absolute atomic E-state index is 0.0124. The molecule has 0 aromatic carbocycles. The van der Waals surface area contributed by atoms with E-state index in [0.29, 0.717) is 12.5 Å². The average Bonchev–Trinajstić information content (AvgIpc) is 2.91. The van der Waals surface area contributed by atoms with Gasteiger partial charge < -0.3 is 11.1 Å². The number of nitrogens with two attached hydrogens (primary N) is 1. The number of nitrogens with zero attached hydrogens (tertiary/aromatic N) is 2. The van der Waals surface area contributed by atoms with Crippen LogP contribution in [0.5, 0.6) is 0 Å². The lowest BCUT2D eigenvalue weighted by atomic mass is 9.73. The van der Waals surface area contributed by atoms with Gasteiger partial charge in [0.15, 0.2) is 0 Å². The predicted octanol–water partition coefficient (Wildman–Crippen LogP) is 3.01. The van der Waals surface area contributed by atoms with Crippen LogP contribution in [0.1, 0.15) is 32.6 Å². The molecule has 1 aliphatic rings. The van der Waals surface area contributed by atoms with Gasteiger partial charge in [0.1, 0.15) is 17.0 Å². The van der Waals surface area contributed by atoms with Crippen LogP contribution < -0.4 is 11.1 Å². The van der Waals surface area contributed by atoms with Gasteiger partial charge in [0.05, 0.1) is 10.9 Å². The first-order valence-corrected chi connectivity index (χ1v) is 7.79. The fraction of sp³-hybridized carbons (Fsp3) is 0.571. The number of fused-ring (bicyclic) bond motifs is 1. The third kappa shape index (κ3) is 2.21. The van der Waals surface area contributed by atoms with Crippen molar-refractivity contribution in [2.75, 3.05) is 11.9 Å². The highest BCUT2D eigenvalue weighted by Gasteiger charge is 2.37. The lowest BCUT2D eigenvalue weighted by Gasteiger charge is -2.43. The van der Waals surface area contributed by atoms with E-state index in [4.69, 9.17) is 5.73 Å². The largest absolute Gasteiger partial charge is 0.362 e. The van der Waals surface area contributed by atoms with Crippen molar-refractivity contribution in [2.24, 2.45) is 11.7 Å². The van der Waals surface area contributed by atoms with Gasteiger partial charge in [0.2, 0.25) is 0 Å². The summed E-state index contributed by atoms with van der Waals surface area (Å²) in [6.45, 7) is 2.95. The van der Waals surface area contributed by atoms with Gasteiger partial charge in [-0.1, -0.05) is 19.8 Å². The smallest absolute Gasteiger partial charge is 0.138 e. The molecule has 4 nitrogen and oxygen atoms in total. The summed E-state index contributed by atoms with van der Waals surface area (Å²) >= 11 is 1.65. The first-order valence-electron chi connectivity index (χ1n) is 6.92. The van der Waals surface area contributed by atoms with Crippen LogP contribution in [0.25, 0.3) is 10.2 Å². The lowest BCUT2D eigenvalue weighted by Crippen LogP contribution is -2.52. The van der Waals surface area contributed by atoms with Crippen LogP contribution in [0, 0.1) is 5.92 Å². The monoisotopic (exact) mass is 276 g/mol. The molecule has 0 radical (unpaired) electrons. The second-order valence-electron chi connectivity index (χ2n) is 5.49. The number of anilines is 1. The molecule has 0 spiro atoms. The van der Waals surface area contributed by atoms with E-state index in [1.807, 2.05) is 0 Å². The summed E-state index contributed by atoms with van der Waals surface area (Å²) in [5.74, 6) is 1.51. The molecule has 0 amide bonds. The highest BCUT2D eigenvalue weighted by molar-refractivity contribution is 7.16. The van der Waals surface area contributed by atoms with E-state index >= 15 is 0 Å². The number of thiophene rings is 1. The van der Waals surface area contributed by atoms with Gasteiger partial charge in [-0.25, -0.2) is 9.97 Å². The topological polar surface area (TPSA) is 63.8 Å². The van der Waals surface area contributed by atoms with Gasteiger partial charge in [-0.2, -0.15) is 0 Å². The van der Waals surface area contributed by atoms with E-state index in [1.165, 1.54) is 19.3 Å². The average molecular weight is 276 g/mol. The van der Waals surface area contributed by atoms with E-state index in [1.54, 1.807) is 17.7 Å². The van der Waals surface area contributed by atoms with Crippen molar-refractivity contribution in [3.63, 3.8) is 0 Å². The number of hydrogen-bond donors (Lipinski definition) is 2. The Balaban J connectivity index is 1.96. The molecule has 0 saturated heterocycles. The molecule has 2 unspecified atom stereocenters. The molecular formula is C14H20N4S. The molecule has 102 valence electrons. The molecule has 0 aliphatic heterocycles. The zero-order valence-corrected chi connectivity index (χ0v) is 12.0. The van der Waals surface area contributed by atoms with E-state index in [9.17, 15) is 0 Å². The standard InChI is InChI=1S/C14H20N4S/c1-10-4-2-3-6-14(10,8-15)18-12-11-5-7-19-13(11)17-9-16-12/h5,7,9-10H,2-4,6,8,15H2,1H3,(H,16,17,18). The summed E-state index contributed by atoms with van der Waals surface area (Å²) in [6, 6.07) is 2.08. The molecule has 2 heterocycles. The Morgan fingerprint density at radius 2 is 2.37 bits per heavy atom. The molecule has 0 bridgehead atoms. The first kappa shape index (κ1) is 12.8. The van der Waals surface area contributed by atoms with Crippen molar-refractivity contribution >= 4 is 27.4 Å². The van der Waals surface area contributed by atoms with Crippen molar-refractivity contribution < 1.29 is 0 Å². The molecule has 19 heavy (non-hydrogen) atoms. The van der Waals surface area contributed by atoms with E-state index in [0.717, 1.165) is 22.5 Å². The van der Waals surface area contributed by atoms with Crippen LogP contribution in [0.15, 0.2) is 17.8 Å². The molecule has 1 saturated carbocycles. The van der Waals surface area contributed by atoms with E-state index in [-0.39, 0.29) is 5.54 Å². The number of aromatic nitrogens is 2. The third-order valence-corrected chi connectivity index (χ3v) is 5.27. The maximum absolute atomic E-state index is 6.09. The van der Waals surface area contributed by atoms with Crippen LogP contribution >= 0.6 is 11.3 Å². The van der Waals surface area contributed by atoms with Gasteiger partial charge in [0, 0.05) is 6.54 Å². The number of rotatable bonds is 3. The van der Waals surface area contributed by atoms with Gasteiger partial charge in [-0.05, 0) is 30.2 Å². The first-order chi connectivity index (χ1) is 9.25. The summed E-state index contributed by atoms with van der Waals surface area (Å²) in [5.41, 5.74) is 6.08. The summed E-state index contributed by atoms with van der Waals surface area (Å²) in [4.78, 5) is 9.76. The zero-order chi connectivity index (χ0) is 13.3. The molecule has 1 aliphatic carbocycles. The molecular weight excluding hydrogens is 256 g/mol. The van der Waals surface area contributed by atoms with Gasteiger partial charge in [-0.3, -0.25) is 0 Å². The second-order valence-corrected chi connectivity index (χ2v) is 6.39. The van der Waals surface area contributed by atoms with Crippen molar-refractivity contribution in [2.45, 2.75) is 38.1 Å². The maximum atomic E-state index is 6.09. The SMILES string of the molecule is CC1CCCCC1(CN)Nc1ncnc2sccc12. The minimum atomic E-state index is -0.0124. The van der Waals surface area contributed by atoms with E-state index in [2.05, 4.69) is 33.7 Å². The van der Waals surface area contributed by atoms with Crippen molar-refractivity contribution in [3.8, 4) is 0 Å². The zero-order valence-electron chi connectivity index (χ0n) is 11.2. The summed E-state index contributed by atoms with van der Waals surface area (Å²) in [5, 5.41) is 6.82. The Morgan fingerprint density at radius 1 is 1.47 bits per heavy atom. The Hall–Kier alpha value is -1.20. The second kappa shape index (κ2) is 5.06. The summed E-state index contributed by atoms with van der Waals surface area (Å²) in [7, 11) is 0. The van der Waals surface area contributed by atoms with Crippen LogP contribution in [-0.4, -0.2) is 22.1 Å². The highest BCUT2D eigenvalue weighted by atomic mass is 32.1. The Bertz CT molecular complexity index is 567. The summed E-state index contributed by atoms with van der Waals surface area (Å²) in [6.07, 6.45) is 6.55. The third-order valence-electron chi connectivity index (χ3n) is 4.45. The molecule has 2 atom stereocenters. The molecule has 3 N–H and O–H groups in total. The minimum Gasteiger partial charge on any atom is -0.362 e. The highest BCUT2D eigenvalue weighted by Crippen LogP contribution is 2.37. The molecule has 2 aromatic heterocycles. The van der Waals surface area contributed by atoms with E-state index < -0.39 is 0 Å². The van der Waals surface area contributed by atoms with Crippen LogP contribution in [-0.2, 0) is 0 Å². The van der Waals surface area contributed by atoms with Gasteiger partial charge in [-0.15, -0.1) is 11.3 Å². The Kier molecular flexibility index (Phi) is 3.41.